The largest absolute Gasteiger partial charge is 0.237 e. The summed E-state index contributed by atoms with van der Waals surface area (Å²) in [7, 11) is 0. The van der Waals surface area contributed by atoms with E-state index < -0.39 is 0 Å². The number of rotatable bonds is 4. The van der Waals surface area contributed by atoms with Gasteiger partial charge in [0.25, 0.3) is 0 Å². The molecule has 1 saturated carbocycles. The van der Waals surface area contributed by atoms with Gasteiger partial charge in [-0.3, -0.25) is 0 Å². The van der Waals surface area contributed by atoms with Gasteiger partial charge in [0.15, 0.2) is 0 Å². The van der Waals surface area contributed by atoms with Gasteiger partial charge < -0.3 is 0 Å². The normalized spacial score (nSPS) is 24.5. The highest BCUT2D eigenvalue weighted by molar-refractivity contribution is 5.64. The Labute approximate surface area is 167 Å². The molecule has 2 aliphatic carbocycles. The van der Waals surface area contributed by atoms with Crippen molar-refractivity contribution in [2.45, 2.75) is 64.7 Å². The molecule has 28 heavy (non-hydrogen) atoms. The lowest BCUT2D eigenvalue weighted by atomic mass is 9.70. The van der Waals surface area contributed by atoms with Gasteiger partial charge in [-0.25, -0.2) is 4.68 Å². The fourth-order valence-electron chi connectivity index (χ4n) is 5.56. The van der Waals surface area contributed by atoms with Crippen molar-refractivity contribution in [2.24, 2.45) is 5.41 Å². The molecule has 4 heteroatoms. The summed E-state index contributed by atoms with van der Waals surface area (Å²) >= 11 is 0. The lowest BCUT2D eigenvalue weighted by Gasteiger charge is -2.33. The maximum absolute atomic E-state index is 4.78. The van der Waals surface area contributed by atoms with E-state index in [4.69, 9.17) is 15.3 Å². The second-order valence-corrected chi connectivity index (χ2v) is 9.18. The molecule has 1 fully saturated rings. The lowest BCUT2D eigenvalue weighted by molar-refractivity contribution is 0.226. The van der Waals surface area contributed by atoms with E-state index in [1.165, 1.54) is 29.8 Å². The molecule has 0 saturated heterocycles. The molecule has 0 unspecified atom stereocenters. The van der Waals surface area contributed by atoms with Gasteiger partial charge in [0.05, 0.1) is 29.0 Å². The van der Waals surface area contributed by atoms with Gasteiger partial charge in [-0.2, -0.15) is 15.3 Å². The van der Waals surface area contributed by atoms with Crippen molar-refractivity contribution in [3.8, 4) is 16.9 Å². The summed E-state index contributed by atoms with van der Waals surface area (Å²) in [6.07, 6.45) is 6.48. The number of benzene rings is 1. The maximum atomic E-state index is 4.78. The molecule has 4 nitrogen and oxygen atoms in total. The Balaban J connectivity index is 1.63. The zero-order valence-corrected chi connectivity index (χ0v) is 17.2. The summed E-state index contributed by atoms with van der Waals surface area (Å²) in [5, 5.41) is 14.2. The molecule has 144 valence electrons. The molecule has 0 spiro atoms. The fraction of sp³-hybridized carbons (Fsp3) is 0.458. The lowest BCUT2D eigenvalue weighted by Crippen LogP contribution is -2.32. The third-order valence-corrected chi connectivity index (χ3v) is 7.58. The molecule has 2 heterocycles. The van der Waals surface area contributed by atoms with Crippen LogP contribution in [0.3, 0.4) is 0 Å². The zero-order chi connectivity index (χ0) is 19.5. The van der Waals surface area contributed by atoms with Gasteiger partial charge in [0.1, 0.15) is 0 Å². The molecule has 2 bridgehead atoms. The molecular formula is C24H28N4. The van der Waals surface area contributed by atoms with E-state index in [2.05, 4.69) is 62.7 Å². The quantitative estimate of drug-likeness (QED) is 0.611. The first-order valence-corrected chi connectivity index (χ1v) is 10.5. The topological polar surface area (TPSA) is 43.6 Å². The van der Waals surface area contributed by atoms with E-state index >= 15 is 0 Å². The van der Waals surface area contributed by atoms with Crippen LogP contribution >= 0.6 is 0 Å². The van der Waals surface area contributed by atoms with Crippen molar-refractivity contribution in [1.82, 2.24) is 20.0 Å². The van der Waals surface area contributed by atoms with E-state index in [0.29, 0.717) is 5.92 Å². The minimum Gasteiger partial charge on any atom is -0.237 e. The average molecular weight is 373 g/mol. The van der Waals surface area contributed by atoms with Gasteiger partial charge in [-0.15, -0.1) is 0 Å². The monoisotopic (exact) mass is 372 g/mol. The van der Waals surface area contributed by atoms with Gasteiger partial charge in [0, 0.05) is 11.0 Å². The Bertz CT molecular complexity index is 1030. The van der Waals surface area contributed by atoms with Crippen LogP contribution < -0.4 is 0 Å². The average Bonchev–Trinajstić information content (AvgIpc) is 3.27. The summed E-state index contributed by atoms with van der Waals surface area (Å²) in [5.74, 6) is 0.584. The highest BCUT2D eigenvalue weighted by Crippen LogP contribution is 2.67. The van der Waals surface area contributed by atoms with Crippen LogP contribution in [0.15, 0.2) is 42.6 Å². The predicted molar refractivity (Wildman–Crippen MR) is 112 cm³/mol. The van der Waals surface area contributed by atoms with Crippen molar-refractivity contribution in [1.29, 1.82) is 0 Å². The van der Waals surface area contributed by atoms with Crippen LogP contribution in [0.5, 0.6) is 0 Å². The number of fused-ring (bicyclic) bond motifs is 5. The van der Waals surface area contributed by atoms with Crippen LogP contribution in [0, 0.1) is 5.41 Å². The standard InChI is InChI=1S/C24H28N4/c1-5-9-21-18(15-25-28(21)16-10-7-6-8-11-16)20-14-17-19-12-13-24(4,23(19,2)3)22(17)27-26-20/h6-8,10-11,14-15,19H,5,9,12-13H2,1-4H3/t19-,24+/m0/s1. The Morgan fingerprint density at radius 1 is 1.11 bits per heavy atom. The van der Waals surface area contributed by atoms with Crippen LogP contribution in [-0.4, -0.2) is 20.0 Å². The minimum absolute atomic E-state index is 0.152. The van der Waals surface area contributed by atoms with Crippen LogP contribution in [0.1, 0.15) is 69.8 Å². The Morgan fingerprint density at radius 3 is 2.64 bits per heavy atom. The summed E-state index contributed by atoms with van der Waals surface area (Å²) in [4.78, 5) is 0. The number of hydrogen-bond acceptors (Lipinski definition) is 3. The van der Waals surface area contributed by atoms with Crippen molar-refractivity contribution in [2.75, 3.05) is 0 Å². The zero-order valence-electron chi connectivity index (χ0n) is 17.2. The number of para-hydroxylation sites is 1. The first-order valence-electron chi connectivity index (χ1n) is 10.5. The van der Waals surface area contributed by atoms with Crippen LogP contribution in [0.2, 0.25) is 0 Å². The van der Waals surface area contributed by atoms with Crippen molar-refractivity contribution in [3.05, 3.63) is 59.5 Å². The maximum Gasteiger partial charge on any atom is 0.0967 e. The second kappa shape index (κ2) is 6.00. The molecule has 2 aromatic heterocycles. The van der Waals surface area contributed by atoms with E-state index in [0.717, 1.165) is 29.8 Å². The first-order chi connectivity index (χ1) is 13.5. The molecule has 2 atom stereocenters. The van der Waals surface area contributed by atoms with Crippen molar-refractivity contribution < 1.29 is 0 Å². The van der Waals surface area contributed by atoms with Crippen LogP contribution in [0.4, 0.5) is 0 Å². The van der Waals surface area contributed by atoms with Gasteiger partial charge in [-0.1, -0.05) is 52.3 Å². The smallest absolute Gasteiger partial charge is 0.0967 e. The Hall–Kier alpha value is -2.49. The highest BCUT2D eigenvalue weighted by atomic mass is 15.3. The molecule has 5 rings (SSSR count). The number of hydrogen-bond donors (Lipinski definition) is 0. The van der Waals surface area contributed by atoms with E-state index in [-0.39, 0.29) is 10.8 Å². The van der Waals surface area contributed by atoms with Crippen LogP contribution in [-0.2, 0) is 11.8 Å². The van der Waals surface area contributed by atoms with Crippen molar-refractivity contribution in [3.63, 3.8) is 0 Å². The van der Waals surface area contributed by atoms with Gasteiger partial charge in [0.2, 0.25) is 0 Å². The second-order valence-electron chi connectivity index (χ2n) is 9.18. The van der Waals surface area contributed by atoms with E-state index in [1.807, 2.05) is 12.3 Å². The Kier molecular flexibility index (Phi) is 3.77. The van der Waals surface area contributed by atoms with Gasteiger partial charge >= 0.3 is 0 Å². The molecule has 0 amide bonds. The SMILES string of the molecule is CCCc1c(-c2cc3c(nn2)[C@@]2(C)CC[C@@H]3C2(C)C)cnn1-c1ccccc1. The molecule has 0 aliphatic heterocycles. The fourth-order valence-corrected chi connectivity index (χ4v) is 5.56. The molecule has 3 aromatic rings. The third kappa shape index (κ3) is 2.20. The molecular weight excluding hydrogens is 344 g/mol. The predicted octanol–water partition coefficient (Wildman–Crippen LogP) is 5.46. The summed E-state index contributed by atoms with van der Waals surface area (Å²) in [6.45, 7) is 9.40. The van der Waals surface area contributed by atoms with E-state index in [1.54, 1.807) is 0 Å². The highest BCUT2D eigenvalue weighted by Gasteiger charge is 2.60. The molecule has 0 radical (unpaired) electrons. The summed E-state index contributed by atoms with van der Waals surface area (Å²) < 4.78 is 2.06. The van der Waals surface area contributed by atoms with Gasteiger partial charge in [-0.05, 0) is 54.4 Å². The molecule has 0 N–H and O–H groups in total. The molecule has 1 aromatic carbocycles. The number of aromatic nitrogens is 4. The summed E-state index contributed by atoms with van der Waals surface area (Å²) in [5.41, 5.74) is 7.45. The minimum atomic E-state index is 0.152. The summed E-state index contributed by atoms with van der Waals surface area (Å²) in [6, 6.07) is 12.7. The first kappa shape index (κ1) is 17.6. The third-order valence-electron chi connectivity index (χ3n) is 7.58. The number of nitrogens with zero attached hydrogens (tertiary/aromatic N) is 4. The Morgan fingerprint density at radius 2 is 1.89 bits per heavy atom. The van der Waals surface area contributed by atoms with Crippen LogP contribution in [0.25, 0.3) is 16.9 Å². The van der Waals surface area contributed by atoms with Crippen molar-refractivity contribution >= 4 is 0 Å². The van der Waals surface area contributed by atoms with E-state index in [9.17, 15) is 0 Å². The molecule has 2 aliphatic rings.